The van der Waals surface area contributed by atoms with Gasteiger partial charge in [-0.1, -0.05) is 13.0 Å². The zero-order chi connectivity index (χ0) is 19.3. The molecule has 142 valence electrons. The van der Waals surface area contributed by atoms with Crippen LogP contribution in [0.4, 0.5) is 13.2 Å². The number of hydrogen-bond donors (Lipinski definition) is 0. The van der Waals surface area contributed by atoms with Crippen molar-refractivity contribution < 1.29 is 22.4 Å². The number of carbonyl (C=O) groups is 1. The molecule has 3 aromatic rings. The average molecular weight is 378 g/mol. The normalized spacial score (nSPS) is 14.6. The van der Waals surface area contributed by atoms with Crippen LogP contribution in [0.3, 0.4) is 0 Å². The number of alkyl halides is 3. The molecule has 6 nitrogen and oxygen atoms in total. The van der Waals surface area contributed by atoms with Crippen LogP contribution in [-0.2, 0) is 25.7 Å². The van der Waals surface area contributed by atoms with E-state index in [-0.39, 0.29) is 37.1 Å². The fourth-order valence-electron chi connectivity index (χ4n) is 3.38. The summed E-state index contributed by atoms with van der Waals surface area (Å²) >= 11 is 0. The van der Waals surface area contributed by atoms with Gasteiger partial charge in [-0.15, -0.1) is 10.2 Å². The second-order valence-corrected chi connectivity index (χ2v) is 6.56. The lowest BCUT2D eigenvalue weighted by molar-refractivity contribution is -0.147. The lowest BCUT2D eigenvalue weighted by Gasteiger charge is -2.27. The Balaban J connectivity index is 1.64. The molecule has 9 heteroatoms. The highest BCUT2D eigenvalue weighted by molar-refractivity contribution is 5.99. The first-order valence-electron chi connectivity index (χ1n) is 8.60. The molecule has 0 bridgehead atoms. The van der Waals surface area contributed by atoms with Gasteiger partial charge in [0.05, 0.1) is 6.54 Å². The minimum atomic E-state index is -4.57. The van der Waals surface area contributed by atoms with Crippen LogP contribution in [0.15, 0.2) is 22.6 Å². The summed E-state index contributed by atoms with van der Waals surface area (Å²) < 4.78 is 45.6. The molecule has 0 saturated heterocycles. The Labute approximate surface area is 152 Å². The van der Waals surface area contributed by atoms with Gasteiger partial charge in [0.2, 0.25) is 5.82 Å². The van der Waals surface area contributed by atoms with Crippen molar-refractivity contribution in [1.29, 1.82) is 0 Å². The number of fused-ring (bicyclic) bond motifs is 2. The van der Waals surface area contributed by atoms with Crippen LogP contribution < -0.4 is 0 Å². The molecule has 1 aromatic carbocycles. The van der Waals surface area contributed by atoms with E-state index in [9.17, 15) is 18.0 Å². The van der Waals surface area contributed by atoms with Gasteiger partial charge in [-0.05, 0) is 31.0 Å². The Kier molecular flexibility index (Phi) is 3.97. The summed E-state index contributed by atoms with van der Waals surface area (Å²) in [4.78, 5) is 14.4. The van der Waals surface area contributed by atoms with Crippen LogP contribution in [-0.4, -0.2) is 32.1 Å². The third-order valence-electron chi connectivity index (χ3n) is 4.90. The number of benzene rings is 1. The number of nitrogens with zero attached hydrogens (tertiary/aromatic N) is 4. The number of amides is 1. The number of furan rings is 1. The summed E-state index contributed by atoms with van der Waals surface area (Å²) in [5, 5.41) is 7.71. The maximum atomic E-state index is 12.9. The van der Waals surface area contributed by atoms with Gasteiger partial charge in [-0.2, -0.15) is 13.2 Å². The molecule has 0 spiro atoms. The molecular formula is C18H17F3N4O2. The molecular weight excluding hydrogens is 361 g/mol. The van der Waals surface area contributed by atoms with E-state index in [2.05, 4.69) is 10.2 Å². The summed E-state index contributed by atoms with van der Waals surface area (Å²) in [5.41, 5.74) is 2.48. The van der Waals surface area contributed by atoms with Crippen LogP contribution in [0.1, 0.15) is 40.3 Å². The van der Waals surface area contributed by atoms with Crippen molar-refractivity contribution in [3.05, 3.63) is 46.7 Å². The second kappa shape index (κ2) is 6.11. The first-order valence-corrected chi connectivity index (χ1v) is 8.60. The van der Waals surface area contributed by atoms with Crippen molar-refractivity contribution in [1.82, 2.24) is 19.7 Å². The van der Waals surface area contributed by atoms with Crippen molar-refractivity contribution in [3.8, 4) is 0 Å². The third-order valence-corrected chi connectivity index (χ3v) is 4.90. The first kappa shape index (κ1) is 17.6. The van der Waals surface area contributed by atoms with Gasteiger partial charge in [0.1, 0.15) is 5.58 Å². The number of rotatable bonds is 2. The average Bonchev–Trinajstić information content (AvgIpc) is 3.21. The summed E-state index contributed by atoms with van der Waals surface area (Å²) in [6, 6.07) is 5.77. The van der Waals surface area contributed by atoms with E-state index < -0.39 is 12.0 Å². The number of aryl methyl sites for hydroxylation is 2. The predicted molar refractivity (Wildman–Crippen MR) is 90.1 cm³/mol. The first-order chi connectivity index (χ1) is 12.8. The maximum absolute atomic E-state index is 12.9. The van der Waals surface area contributed by atoms with Crippen LogP contribution in [0.2, 0.25) is 0 Å². The van der Waals surface area contributed by atoms with Gasteiger partial charge in [0.15, 0.2) is 11.6 Å². The van der Waals surface area contributed by atoms with E-state index in [1.165, 1.54) is 4.90 Å². The molecule has 0 atom stereocenters. The van der Waals surface area contributed by atoms with Crippen molar-refractivity contribution >= 4 is 16.9 Å². The number of aromatic nitrogens is 3. The number of hydrogen-bond acceptors (Lipinski definition) is 4. The molecule has 1 aliphatic rings. The molecule has 1 aliphatic heterocycles. The van der Waals surface area contributed by atoms with Gasteiger partial charge < -0.3 is 13.9 Å². The van der Waals surface area contributed by atoms with E-state index in [1.807, 2.05) is 32.0 Å². The highest BCUT2D eigenvalue weighted by Gasteiger charge is 2.40. The molecule has 0 aliphatic carbocycles. The van der Waals surface area contributed by atoms with Crippen LogP contribution in [0, 0.1) is 6.92 Å². The molecule has 2 aromatic heterocycles. The molecule has 3 heterocycles. The van der Waals surface area contributed by atoms with Crippen molar-refractivity contribution in [3.63, 3.8) is 0 Å². The monoisotopic (exact) mass is 378 g/mol. The smallest absolute Gasteiger partial charge is 0.451 e. The molecule has 27 heavy (non-hydrogen) atoms. The predicted octanol–water partition coefficient (Wildman–Crippen LogP) is 3.57. The number of carbonyl (C=O) groups excluding carboxylic acids is 1. The van der Waals surface area contributed by atoms with Gasteiger partial charge in [-0.25, -0.2) is 0 Å². The summed E-state index contributed by atoms with van der Waals surface area (Å²) in [6.45, 7) is 3.93. The summed E-state index contributed by atoms with van der Waals surface area (Å²) in [5.74, 6) is -1.06. The lowest BCUT2D eigenvalue weighted by Crippen LogP contribution is -2.39. The van der Waals surface area contributed by atoms with Gasteiger partial charge in [0, 0.05) is 24.0 Å². The molecule has 0 fully saturated rings. The Hall–Kier alpha value is -2.84. The van der Waals surface area contributed by atoms with Crippen LogP contribution >= 0.6 is 0 Å². The zero-order valence-corrected chi connectivity index (χ0v) is 14.8. The SMILES string of the molecule is CCc1ccc2oc(C(=O)N3CCn4c(nnc4C(F)(F)F)C3)c(C)c2c1. The molecule has 1 amide bonds. The molecule has 0 N–H and O–H groups in total. The van der Waals surface area contributed by atoms with E-state index in [1.54, 1.807) is 0 Å². The van der Waals surface area contributed by atoms with Gasteiger partial charge in [-0.3, -0.25) is 4.79 Å². The van der Waals surface area contributed by atoms with E-state index in [0.717, 1.165) is 27.5 Å². The van der Waals surface area contributed by atoms with Crippen molar-refractivity contribution in [2.24, 2.45) is 0 Å². The van der Waals surface area contributed by atoms with Gasteiger partial charge in [0.25, 0.3) is 5.91 Å². The Morgan fingerprint density at radius 3 is 2.74 bits per heavy atom. The summed E-state index contributed by atoms with van der Waals surface area (Å²) in [7, 11) is 0. The van der Waals surface area contributed by atoms with E-state index in [4.69, 9.17) is 4.42 Å². The van der Waals surface area contributed by atoms with Crippen LogP contribution in [0.5, 0.6) is 0 Å². The molecule has 4 rings (SSSR count). The maximum Gasteiger partial charge on any atom is 0.451 e. The third kappa shape index (κ3) is 2.87. The second-order valence-electron chi connectivity index (χ2n) is 6.56. The van der Waals surface area contributed by atoms with Crippen LogP contribution in [0.25, 0.3) is 11.0 Å². The molecule has 0 unspecified atom stereocenters. The number of halogens is 3. The molecule has 0 saturated carbocycles. The highest BCUT2D eigenvalue weighted by Crippen LogP contribution is 2.31. The molecule has 0 radical (unpaired) electrons. The Morgan fingerprint density at radius 2 is 2.04 bits per heavy atom. The van der Waals surface area contributed by atoms with E-state index >= 15 is 0 Å². The topological polar surface area (TPSA) is 64.2 Å². The van der Waals surface area contributed by atoms with Gasteiger partial charge >= 0.3 is 6.18 Å². The highest BCUT2D eigenvalue weighted by atomic mass is 19.4. The van der Waals surface area contributed by atoms with Crippen molar-refractivity contribution in [2.75, 3.05) is 6.54 Å². The largest absolute Gasteiger partial charge is 0.451 e. The summed E-state index contributed by atoms with van der Waals surface area (Å²) in [6.07, 6.45) is -3.70. The minimum absolute atomic E-state index is 0.0117. The fraction of sp³-hybridized carbons (Fsp3) is 0.389. The Morgan fingerprint density at radius 1 is 1.26 bits per heavy atom. The minimum Gasteiger partial charge on any atom is -0.451 e. The van der Waals surface area contributed by atoms with Crippen molar-refractivity contribution in [2.45, 2.75) is 39.5 Å². The zero-order valence-electron chi connectivity index (χ0n) is 14.8. The Bertz CT molecular complexity index is 1040. The lowest BCUT2D eigenvalue weighted by atomic mass is 10.1. The standard InChI is InChI=1S/C18H17F3N4O2/c1-3-11-4-5-13-12(8-11)10(2)15(27-13)16(26)24-6-7-25-14(9-24)22-23-17(25)18(19,20)21/h4-5,8H,3,6-7,9H2,1-2H3. The fourth-order valence-corrected chi connectivity index (χ4v) is 3.38. The quantitative estimate of drug-likeness (QED) is 0.684. The van der Waals surface area contributed by atoms with E-state index in [0.29, 0.717) is 5.58 Å².